The molecule has 2 aliphatic rings. The Bertz CT molecular complexity index is 1030. The normalized spacial score (nSPS) is 26.6. The Hall–Kier alpha value is -2.89. The zero-order valence-corrected chi connectivity index (χ0v) is 16.7. The Morgan fingerprint density at radius 1 is 1.28 bits per heavy atom. The highest BCUT2D eigenvalue weighted by atomic mass is 32.1. The number of allylic oxidation sites excluding steroid dienone is 1. The lowest BCUT2D eigenvalue weighted by molar-refractivity contribution is -0.742. The number of nitrogens with one attached hydrogen (secondary N) is 1. The first-order valence-electron chi connectivity index (χ1n) is 9.40. The van der Waals surface area contributed by atoms with Crippen molar-refractivity contribution >= 4 is 18.3 Å². The monoisotopic (exact) mass is 409 g/mol. The van der Waals surface area contributed by atoms with Gasteiger partial charge < -0.3 is 10.4 Å². The van der Waals surface area contributed by atoms with E-state index in [0.29, 0.717) is 10.6 Å². The summed E-state index contributed by atoms with van der Waals surface area (Å²) in [5.74, 6) is -0.475. The molecule has 8 heteroatoms. The lowest BCUT2D eigenvalue weighted by atomic mass is 9.76. The molecule has 1 aromatic heterocycles. The van der Waals surface area contributed by atoms with Gasteiger partial charge in [0.25, 0.3) is 5.69 Å². The molecule has 0 radical (unpaired) electrons. The number of nitro benzene ring substituents is 1. The quantitative estimate of drug-likeness (QED) is 0.312. The minimum Gasteiger partial charge on any atom is -0.365 e. The van der Waals surface area contributed by atoms with Crippen LogP contribution in [-0.4, -0.2) is 15.8 Å². The van der Waals surface area contributed by atoms with Gasteiger partial charge in [-0.1, -0.05) is 12.1 Å². The van der Waals surface area contributed by atoms with Gasteiger partial charge in [0.15, 0.2) is 12.4 Å². The van der Waals surface area contributed by atoms with E-state index in [-0.39, 0.29) is 11.6 Å². The first-order valence-corrected chi connectivity index (χ1v) is 9.85. The maximum atomic E-state index is 11.7. The second-order valence-electron chi connectivity index (χ2n) is 7.69. The van der Waals surface area contributed by atoms with Gasteiger partial charge >= 0.3 is 0 Å². The number of aliphatic hydroxyl groups is 1. The number of non-ortho nitro benzene ring substituents is 1. The fraction of sp³-hybridized carbons (Fsp3) is 0.333. The molecule has 7 nitrogen and oxygen atoms in total. The van der Waals surface area contributed by atoms with Crippen molar-refractivity contribution in [2.45, 2.75) is 37.5 Å². The number of hydrogen-bond donors (Lipinski definition) is 3. The van der Waals surface area contributed by atoms with Gasteiger partial charge in [-0.05, 0) is 30.9 Å². The van der Waals surface area contributed by atoms with Crippen LogP contribution in [0.25, 0.3) is 0 Å². The number of benzene rings is 1. The summed E-state index contributed by atoms with van der Waals surface area (Å²) in [6.45, 7) is 1.98. The predicted octanol–water partition coefficient (Wildman–Crippen LogP) is 2.88. The third-order valence-corrected chi connectivity index (χ3v) is 6.13. The zero-order valence-electron chi connectivity index (χ0n) is 15.8. The van der Waals surface area contributed by atoms with Gasteiger partial charge in [-0.15, -0.1) is 12.6 Å². The summed E-state index contributed by atoms with van der Waals surface area (Å²) in [6.07, 6.45) is 5.54. The van der Waals surface area contributed by atoms with Gasteiger partial charge in [0.05, 0.1) is 27.5 Å². The number of aromatic nitrogens is 1. The minimum absolute atomic E-state index is 0.0201. The average molecular weight is 409 g/mol. The Kier molecular flexibility index (Phi) is 4.81. The van der Waals surface area contributed by atoms with Gasteiger partial charge in [-0.3, -0.25) is 10.1 Å². The number of nitro groups is 1. The van der Waals surface area contributed by atoms with Crippen LogP contribution in [0.4, 0.5) is 5.69 Å². The Balaban J connectivity index is 1.90. The van der Waals surface area contributed by atoms with Crippen molar-refractivity contribution in [3.05, 3.63) is 80.6 Å². The largest absolute Gasteiger partial charge is 0.365 e. The predicted molar refractivity (Wildman–Crippen MR) is 109 cm³/mol. The number of hydrogen-bond acceptors (Lipinski definition) is 6. The molecule has 1 saturated carbocycles. The van der Waals surface area contributed by atoms with Crippen LogP contribution < -0.4 is 9.88 Å². The van der Waals surface area contributed by atoms with Gasteiger partial charge in [0, 0.05) is 30.2 Å². The van der Waals surface area contributed by atoms with E-state index in [2.05, 4.69) is 24.0 Å². The summed E-state index contributed by atoms with van der Waals surface area (Å²) >= 11 is 4.47. The van der Waals surface area contributed by atoms with Gasteiger partial charge in [-0.25, -0.2) is 0 Å². The van der Waals surface area contributed by atoms with Crippen molar-refractivity contribution in [1.29, 1.82) is 5.26 Å². The van der Waals surface area contributed by atoms with Crippen LogP contribution in [0, 0.1) is 34.3 Å². The molecule has 0 saturated heterocycles. The third-order valence-electron chi connectivity index (χ3n) is 5.77. The second kappa shape index (κ2) is 7.17. The number of nitriles is 1. The summed E-state index contributed by atoms with van der Waals surface area (Å²) in [4.78, 5) is 10.6. The fourth-order valence-electron chi connectivity index (χ4n) is 4.13. The molecule has 29 heavy (non-hydrogen) atoms. The number of thiol groups is 1. The highest BCUT2D eigenvalue weighted by Crippen LogP contribution is 2.52. The molecule has 148 valence electrons. The molecule has 1 aliphatic carbocycles. The second-order valence-corrected chi connectivity index (χ2v) is 8.14. The molecule has 0 amide bonds. The smallest absolute Gasteiger partial charge is 0.269 e. The molecule has 2 aromatic rings. The van der Waals surface area contributed by atoms with Crippen LogP contribution in [0.1, 0.15) is 35.9 Å². The van der Waals surface area contributed by atoms with Crippen molar-refractivity contribution in [2.24, 2.45) is 5.92 Å². The molecule has 3 atom stereocenters. The Labute approximate surface area is 173 Å². The van der Waals surface area contributed by atoms with Gasteiger partial charge in [0.2, 0.25) is 11.8 Å². The Morgan fingerprint density at radius 3 is 2.41 bits per heavy atom. The molecule has 1 aromatic carbocycles. The van der Waals surface area contributed by atoms with Crippen molar-refractivity contribution in [3.8, 4) is 6.07 Å². The van der Waals surface area contributed by atoms with E-state index in [1.54, 1.807) is 12.1 Å². The third kappa shape index (κ3) is 3.37. The SMILES string of the molecule is Cc1cc[n+]([C@H]2[C@@H](c3ccc([N+](=O)[O-])cc3)C(C#N)=C(S)N[C@]2(O)C2CC2)cc1. The average Bonchev–Trinajstić information content (AvgIpc) is 3.54. The van der Waals surface area contributed by atoms with E-state index in [1.807, 2.05) is 36.0 Å². The van der Waals surface area contributed by atoms with E-state index >= 15 is 0 Å². The van der Waals surface area contributed by atoms with E-state index in [9.17, 15) is 20.5 Å². The molecule has 0 bridgehead atoms. The summed E-state index contributed by atoms with van der Waals surface area (Å²) in [5, 5.41) is 36.1. The van der Waals surface area contributed by atoms with Crippen molar-refractivity contribution in [3.63, 3.8) is 0 Å². The fourth-order valence-corrected chi connectivity index (χ4v) is 4.50. The van der Waals surface area contributed by atoms with Crippen molar-refractivity contribution in [1.82, 2.24) is 5.32 Å². The van der Waals surface area contributed by atoms with Crippen molar-refractivity contribution < 1.29 is 14.6 Å². The van der Waals surface area contributed by atoms with Crippen LogP contribution in [0.5, 0.6) is 0 Å². The maximum absolute atomic E-state index is 11.7. The summed E-state index contributed by atoms with van der Waals surface area (Å²) in [5.41, 5.74) is 0.887. The number of pyridine rings is 1. The molecule has 0 spiro atoms. The molecule has 0 unspecified atom stereocenters. The standard InChI is InChI=1S/C21H20N4O3S/c1-13-8-10-24(11-9-13)19-18(14-2-6-16(7-3-14)25(27)28)17(12-22)20(29)23-21(19,26)15-4-5-15/h2-3,6-11,15,18-19,23,26H,4-5H2,1H3/p+1/t18-,19-,21-/m0/s1. The minimum atomic E-state index is -1.29. The highest BCUT2D eigenvalue weighted by molar-refractivity contribution is 7.84. The molecule has 1 fully saturated rings. The summed E-state index contributed by atoms with van der Waals surface area (Å²) < 4.78 is 1.92. The van der Waals surface area contributed by atoms with Crippen molar-refractivity contribution in [2.75, 3.05) is 0 Å². The van der Waals surface area contributed by atoms with E-state index in [4.69, 9.17) is 0 Å². The number of aryl methyl sites for hydroxylation is 1. The van der Waals surface area contributed by atoms with Crippen LogP contribution in [-0.2, 0) is 0 Å². The van der Waals surface area contributed by atoms with Gasteiger partial charge in [0.1, 0.15) is 0 Å². The Morgan fingerprint density at radius 2 is 1.90 bits per heavy atom. The lowest BCUT2D eigenvalue weighted by Crippen LogP contribution is -2.65. The highest BCUT2D eigenvalue weighted by Gasteiger charge is 2.60. The molecular weight excluding hydrogens is 388 g/mol. The van der Waals surface area contributed by atoms with E-state index in [1.165, 1.54) is 12.1 Å². The van der Waals surface area contributed by atoms with Gasteiger partial charge in [-0.2, -0.15) is 9.83 Å². The van der Waals surface area contributed by atoms with Crippen LogP contribution >= 0.6 is 12.6 Å². The first kappa shape index (κ1) is 19.4. The lowest BCUT2D eigenvalue weighted by Gasteiger charge is -2.42. The molecular formula is C21H21N4O3S+. The topological polar surface area (TPSA) is 103 Å². The molecule has 1 aliphatic heterocycles. The van der Waals surface area contributed by atoms with Crippen LogP contribution in [0.3, 0.4) is 0 Å². The number of nitrogens with zero attached hydrogens (tertiary/aromatic N) is 3. The first-order chi connectivity index (χ1) is 13.8. The van der Waals surface area contributed by atoms with E-state index in [0.717, 1.165) is 24.0 Å². The molecule has 2 N–H and O–H groups in total. The van der Waals surface area contributed by atoms with Crippen LogP contribution in [0.15, 0.2) is 59.4 Å². The zero-order chi connectivity index (χ0) is 20.8. The molecule has 4 rings (SSSR count). The molecule has 2 heterocycles. The summed E-state index contributed by atoms with van der Waals surface area (Å²) in [6, 6.07) is 11.8. The van der Waals surface area contributed by atoms with E-state index < -0.39 is 22.6 Å². The summed E-state index contributed by atoms with van der Waals surface area (Å²) in [7, 11) is 0. The maximum Gasteiger partial charge on any atom is 0.269 e. The number of rotatable bonds is 4. The van der Waals surface area contributed by atoms with Crippen LogP contribution in [0.2, 0.25) is 0 Å².